The lowest BCUT2D eigenvalue weighted by Gasteiger charge is -2.11. The Morgan fingerprint density at radius 1 is 1.53 bits per heavy atom. The van der Waals surface area contributed by atoms with Crippen LogP contribution in [0, 0.1) is 6.92 Å². The summed E-state index contributed by atoms with van der Waals surface area (Å²) >= 11 is 12.7. The Morgan fingerprint density at radius 2 is 2.32 bits per heavy atom. The minimum atomic E-state index is 0.245. The van der Waals surface area contributed by atoms with Gasteiger partial charge in [0.1, 0.15) is 10.7 Å². The lowest BCUT2D eigenvalue weighted by molar-refractivity contribution is 0.322. The van der Waals surface area contributed by atoms with Crippen molar-refractivity contribution in [3.05, 3.63) is 44.9 Å². The summed E-state index contributed by atoms with van der Waals surface area (Å²) in [5, 5.41) is 0.513. The molecule has 2 rings (SSSR count). The first kappa shape index (κ1) is 14.2. The molecule has 0 saturated heterocycles. The van der Waals surface area contributed by atoms with E-state index in [0.717, 1.165) is 12.1 Å². The van der Waals surface area contributed by atoms with E-state index in [0.29, 0.717) is 22.9 Å². The molecule has 0 aliphatic heterocycles. The van der Waals surface area contributed by atoms with Crippen molar-refractivity contribution in [2.75, 3.05) is 6.61 Å². The quantitative estimate of drug-likeness (QED) is 0.860. The first-order chi connectivity index (χ1) is 9.09. The van der Waals surface area contributed by atoms with Crippen LogP contribution in [0.4, 0.5) is 0 Å². The van der Waals surface area contributed by atoms with Crippen molar-refractivity contribution < 1.29 is 4.74 Å². The molecule has 2 aromatic rings. The summed E-state index contributed by atoms with van der Waals surface area (Å²) in [7, 11) is 0. The molecular weight excluding hydrogens is 300 g/mol. The summed E-state index contributed by atoms with van der Waals surface area (Å²) < 4.78 is 5.73. The van der Waals surface area contributed by atoms with Crippen molar-refractivity contribution >= 4 is 40.1 Å². The van der Waals surface area contributed by atoms with Crippen molar-refractivity contribution in [1.29, 1.82) is 0 Å². The highest BCUT2D eigenvalue weighted by Crippen LogP contribution is 2.26. The molecule has 0 radical (unpaired) electrons. The van der Waals surface area contributed by atoms with Crippen LogP contribution in [-0.4, -0.2) is 16.6 Å². The molecule has 0 saturated carbocycles. The highest BCUT2D eigenvalue weighted by Gasteiger charge is 2.11. The Bertz CT molecular complexity index is 598. The smallest absolute Gasteiger partial charge is 0.130 e. The Labute approximate surface area is 126 Å². The molecule has 0 fully saturated rings. The summed E-state index contributed by atoms with van der Waals surface area (Å²) in [4.78, 5) is 5.67. The van der Waals surface area contributed by atoms with Gasteiger partial charge < -0.3 is 10.5 Å². The van der Waals surface area contributed by atoms with Crippen molar-refractivity contribution in [2.45, 2.75) is 13.3 Å². The molecule has 1 aromatic heterocycles. The van der Waals surface area contributed by atoms with E-state index in [1.54, 1.807) is 17.4 Å². The fourth-order valence-corrected chi connectivity index (χ4v) is 2.98. The van der Waals surface area contributed by atoms with Crippen LogP contribution in [0.1, 0.15) is 16.1 Å². The second kappa shape index (κ2) is 6.32. The minimum Gasteiger partial charge on any atom is -0.492 e. The van der Waals surface area contributed by atoms with E-state index in [2.05, 4.69) is 4.98 Å². The molecule has 6 heteroatoms. The van der Waals surface area contributed by atoms with Gasteiger partial charge in [0.15, 0.2) is 0 Å². The van der Waals surface area contributed by atoms with Crippen LogP contribution in [0.5, 0.6) is 5.75 Å². The van der Waals surface area contributed by atoms with Crippen LogP contribution in [-0.2, 0) is 6.42 Å². The monoisotopic (exact) mass is 312 g/mol. The van der Waals surface area contributed by atoms with Gasteiger partial charge in [0, 0.05) is 11.3 Å². The zero-order valence-corrected chi connectivity index (χ0v) is 12.7. The number of hydrogen-bond donors (Lipinski definition) is 1. The summed E-state index contributed by atoms with van der Waals surface area (Å²) in [6.45, 7) is 2.53. The van der Waals surface area contributed by atoms with E-state index in [1.165, 1.54) is 4.88 Å². The third-order valence-corrected chi connectivity index (χ3v) is 4.17. The topological polar surface area (TPSA) is 48.1 Å². The Balaban J connectivity index is 2.06. The Morgan fingerprint density at radius 3 is 2.95 bits per heavy atom. The average Bonchev–Trinajstić information content (AvgIpc) is 2.75. The van der Waals surface area contributed by atoms with E-state index < -0.39 is 0 Å². The maximum absolute atomic E-state index is 6.07. The van der Waals surface area contributed by atoms with Gasteiger partial charge in [-0.05, 0) is 19.1 Å². The number of thiocarbonyl (C=S) groups is 1. The molecule has 0 amide bonds. The molecule has 19 heavy (non-hydrogen) atoms. The standard InChI is InChI=1S/C13H13ClN2OS2/c1-8-11(19-7-16-8)5-6-17-10-4-2-3-9(14)12(10)13(15)18/h2-4,7H,5-6H2,1H3,(H2,15,18). The van der Waals surface area contributed by atoms with E-state index in [4.69, 9.17) is 34.3 Å². The molecule has 0 unspecified atom stereocenters. The molecule has 1 heterocycles. The predicted octanol–water partition coefficient (Wildman–Crippen LogP) is 3.36. The van der Waals surface area contributed by atoms with Gasteiger partial charge in [-0.25, -0.2) is 4.98 Å². The fraction of sp³-hybridized carbons (Fsp3) is 0.231. The number of aryl methyl sites for hydroxylation is 1. The third-order valence-electron chi connectivity index (χ3n) is 2.65. The van der Waals surface area contributed by atoms with Gasteiger partial charge >= 0.3 is 0 Å². The van der Waals surface area contributed by atoms with Gasteiger partial charge in [-0.15, -0.1) is 11.3 Å². The number of nitrogens with zero attached hydrogens (tertiary/aromatic N) is 1. The third kappa shape index (κ3) is 3.43. The molecule has 1 aromatic carbocycles. The molecule has 0 aliphatic carbocycles. The first-order valence-electron chi connectivity index (χ1n) is 5.69. The second-order valence-electron chi connectivity index (χ2n) is 3.94. The van der Waals surface area contributed by atoms with Crippen LogP contribution in [0.15, 0.2) is 23.7 Å². The molecular formula is C13H13ClN2OS2. The number of aromatic nitrogens is 1. The van der Waals surface area contributed by atoms with E-state index in [1.807, 2.05) is 24.6 Å². The maximum Gasteiger partial charge on any atom is 0.130 e. The van der Waals surface area contributed by atoms with E-state index >= 15 is 0 Å². The van der Waals surface area contributed by atoms with Crippen molar-refractivity contribution in [3.63, 3.8) is 0 Å². The van der Waals surface area contributed by atoms with Gasteiger partial charge in [-0.1, -0.05) is 29.9 Å². The number of ether oxygens (including phenoxy) is 1. The Hall–Kier alpha value is -1.17. The van der Waals surface area contributed by atoms with Crippen LogP contribution in [0.25, 0.3) is 0 Å². The van der Waals surface area contributed by atoms with Crippen LogP contribution < -0.4 is 10.5 Å². The highest BCUT2D eigenvalue weighted by atomic mass is 35.5. The van der Waals surface area contributed by atoms with Gasteiger partial charge in [0.05, 0.1) is 28.4 Å². The molecule has 0 atom stereocenters. The number of rotatable bonds is 5. The second-order valence-corrected chi connectivity index (χ2v) is 5.72. The molecule has 100 valence electrons. The summed E-state index contributed by atoms with van der Waals surface area (Å²) in [6.07, 6.45) is 0.805. The van der Waals surface area contributed by atoms with Crippen LogP contribution >= 0.6 is 35.2 Å². The summed E-state index contributed by atoms with van der Waals surface area (Å²) in [6, 6.07) is 5.38. The number of hydrogen-bond acceptors (Lipinski definition) is 4. The van der Waals surface area contributed by atoms with Crippen molar-refractivity contribution in [2.24, 2.45) is 5.73 Å². The highest BCUT2D eigenvalue weighted by molar-refractivity contribution is 7.80. The fourth-order valence-electron chi connectivity index (χ4n) is 1.68. The molecule has 2 N–H and O–H groups in total. The molecule has 0 aliphatic rings. The molecule has 3 nitrogen and oxygen atoms in total. The van der Waals surface area contributed by atoms with Gasteiger partial charge in [0.2, 0.25) is 0 Å². The number of halogens is 1. The number of thiazole rings is 1. The maximum atomic E-state index is 6.07. The van der Waals surface area contributed by atoms with Crippen LogP contribution in [0.3, 0.4) is 0 Å². The van der Waals surface area contributed by atoms with E-state index in [-0.39, 0.29) is 4.99 Å². The van der Waals surface area contributed by atoms with Gasteiger partial charge in [-0.2, -0.15) is 0 Å². The minimum absolute atomic E-state index is 0.245. The van der Waals surface area contributed by atoms with Crippen molar-refractivity contribution in [3.8, 4) is 5.75 Å². The van der Waals surface area contributed by atoms with Crippen molar-refractivity contribution in [1.82, 2.24) is 4.98 Å². The first-order valence-corrected chi connectivity index (χ1v) is 7.36. The van der Waals surface area contributed by atoms with Crippen LogP contribution in [0.2, 0.25) is 5.02 Å². The zero-order chi connectivity index (χ0) is 13.8. The largest absolute Gasteiger partial charge is 0.492 e. The number of benzene rings is 1. The SMILES string of the molecule is Cc1ncsc1CCOc1cccc(Cl)c1C(N)=S. The average molecular weight is 313 g/mol. The summed E-state index contributed by atoms with van der Waals surface area (Å²) in [5.74, 6) is 0.627. The predicted molar refractivity (Wildman–Crippen MR) is 83.4 cm³/mol. The lowest BCUT2D eigenvalue weighted by atomic mass is 10.2. The Kier molecular flexibility index (Phi) is 4.74. The van der Waals surface area contributed by atoms with Gasteiger partial charge in [0.25, 0.3) is 0 Å². The zero-order valence-electron chi connectivity index (χ0n) is 10.4. The van der Waals surface area contributed by atoms with E-state index in [9.17, 15) is 0 Å². The summed E-state index contributed by atoms with van der Waals surface area (Å²) in [5.41, 5.74) is 9.15. The van der Waals surface area contributed by atoms with Gasteiger partial charge in [-0.3, -0.25) is 0 Å². The normalized spacial score (nSPS) is 10.4. The number of nitrogens with two attached hydrogens (primary N) is 1. The lowest BCUT2D eigenvalue weighted by Crippen LogP contribution is -2.13. The molecule has 0 spiro atoms. The molecule has 0 bridgehead atoms.